The van der Waals surface area contributed by atoms with Gasteiger partial charge in [-0.25, -0.2) is 0 Å². The summed E-state index contributed by atoms with van der Waals surface area (Å²) in [5.74, 6) is 1.86. The van der Waals surface area contributed by atoms with Gasteiger partial charge in [-0.1, -0.05) is 18.6 Å². The summed E-state index contributed by atoms with van der Waals surface area (Å²) in [5.41, 5.74) is 1.18. The molecular formula is C23H39N5O. The lowest BCUT2D eigenvalue weighted by molar-refractivity contribution is 0.158. The summed E-state index contributed by atoms with van der Waals surface area (Å²) >= 11 is 0. The highest BCUT2D eigenvalue weighted by molar-refractivity contribution is 5.80. The normalized spacial score (nSPS) is 23.3. The van der Waals surface area contributed by atoms with Crippen LogP contribution in [-0.4, -0.2) is 69.8 Å². The van der Waals surface area contributed by atoms with Crippen molar-refractivity contribution in [3.8, 4) is 5.75 Å². The summed E-state index contributed by atoms with van der Waals surface area (Å²) < 4.78 is 5.52. The number of ether oxygens (including phenoxy) is 1. The molecule has 0 saturated carbocycles. The molecule has 0 aliphatic carbocycles. The van der Waals surface area contributed by atoms with E-state index in [0.29, 0.717) is 6.04 Å². The molecule has 2 atom stereocenters. The fourth-order valence-corrected chi connectivity index (χ4v) is 4.51. The van der Waals surface area contributed by atoms with Crippen LogP contribution < -0.4 is 20.3 Å². The smallest absolute Gasteiger partial charge is 0.191 e. The van der Waals surface area contributed by atoms with Crippen LogP contribution in [-0.2, 0) is 0 Å². The van der Waals surface area contributed by atoms with Crippen LogP contribution in [0, 0.1) is 0 Å². The highest BCUT2D eigenvalue weighted by atomic mass is 16.5. The predicted octanol–water partition coefficient (Wildman–Crippen LogP) is 3.09. The molecule has 0 bridgehead atoms. The van der Waals surface area contributed by atoms with Crippen LogP contribution in [0.15, 0.2) is 29.3 Å². The van der Waals surface area contributed by atoms with Crippen LogP contribution in [0.4, 0.5) is 5.69 Å². The molecule has 0 aromatic heterocycles. The van der Waals surface area contributed by atoms with Crippen molar-refractivity contribution in [2.75, 3.05) is 51.8 Å². The molecule has 29 heavy (non-hydrogen) atoms. The third kappa shape index (κ3) is 6.26. The third-order valence-corrected chi connectivity index (χ3v) is 6.28. The molecule has 6 heteroatoms. The maximum Gasteiger partial charge on any atom is 0.191 e. The van der Waals surface area contributed by atoms with E-state index in [0.717, 1.165) is 43.8 Å². The molecule has 2 fully saturated rings. The van der Waals surface area contributed by atoms with Gasteiger partial charge >= 0.3 is 0 Å². The molecule has 0 radical (unpaired) electrons. The number of hydrogen-bond donors (Lipinski definition) is 2. The molecule has 0 amide bonds. The summed E-state index contributed by atoms with van der Waals surface area (Å²) in [6.07, 6.45) is 7.66. The van der Waals surface area contributed by atoms with Gasteiger partial charge in [0, 0.05) is 38.8 Å². The van der Waals surface area contributed by atoms with Crippen molar-refractivity contribution in [3.05, 3.63) is 24.3 Å². The average molecular weight is 402 g/mol. The lowest BCUT2D eigenvalue weighted by atomic mass is 10.0. The topological polar surface area (TPSA) is 52.1 Å². The van der Waals surface area contributed by atoms with Crippen molar-refractivity contribution in [2.45, 2.75) is 57.5 Å². The van der Waals surface area contributed by atoms with Gasteiger partial charge in [0.05, 0.1) is 12.8 Å². The van der Waals surface area contributed by atoms with Gasteiger partial charge in [-0.05, 0) is 64.3 Å². The molecule has 2 heterocycles. The first-order valence-electron chi connectivity index (χ1n) is 11.3. The Bertz CT molecular complexity index is 650. The monoisotopic (exact) mass is 401 g/mol. The molecule has 1 aromatic rings. The first-order chi connectivity index (χ1) is 14.2. The van der Waals surface area contributed by atoms with Gasteiger partial charge in [0.1, 0.15) is 5.75 Å². The number of nitrogens with zero attached hydrogens (tertiary/aromatic N) is 3. The zero-order valence-electron chi connectivity index (χ0n) is 18.5. The predicted molar refractivity (Wildman–Crippen MR) is 122 cm³/mol. The highest BCUT2D eigenvalue weighted by Gasteiger charge is 2.25. The van der Waals surface area contributed by atoms with Gasteiger partial charge in [0.25, 0.3) is 0 Å². The number of unbranched alkanes of at least 4 members (excludes halogenated alkanes) is 1. The molecule has 6 nitrogen and oxygen atoms in total. The Morgan fingerprint density at radius 1 is 1.17 bits per heavy atom. The number of rotatable bonds is 8. The lowest BCUT2D eigenvalue weighted by Crippen LogP contribution is -2.45. The van der Waals surface area contributed by atoms with Gasteiger partial charge < -0.3 is 25.2 Å². The maximum absolute atomic E-state index is 5.52. The van der Waals surface area contributed by atoms with Crippen molar-refractivity contribution < 1.29 is 4.74 Å². The largest absolute Gasteiger partial charge is 0.495 e. The second-order valence-corrected chi connectivity index (χ2v) is 8.33. The van der Waals surface area contributed by atoms with Crippen molar-refractivity contribution in [1.82, 2.24) is 15.5 Å². The molecular weight excluding hydrogens is 362 g/mol. The van der Waals surface area contributed by atoms with Crippen LogP contribution in [0.3, 0.4) is 0 Å². The average Bonchev–Trinajstić information content (AvgIpc) is 3.22. The molecule has 162 valence electrons. The van der Waals surface area contributed by atoms with Crippen LogP contribution in [0.25, 0.3) is 0 Å². The van der Waals surface area contributed by atoms with Gasteiger partial charge in [-0.2, -0.15) is 0 Å². The minimum atomic E-state index is 0.403. The van der Waals surface area contributed by atoms with E-state index in [2.05, 4.69) is 44.5 Å². The Balaban J connectivity index is 1.36. The van der Waals surface area contributed by atoms with Crippen molar-refractivity contribution >= 4 is 11.6 Å². The molecule has 2 saturated heterocycles. The van der Waals surface area contributed by atoms with Crippen LogP contribution in [0.1, 0.15) is 45.4 Å². The Morgan fingerprint density at radius 2 is 2.03 bits per heavy atom. The molecule has 2 aliphatic rings. The van der Waals surface area contributed by atoms with Crippen LogP contribution in [0.2, 0.25) is 0 Å². The fraction of sp³-hybridized carbons (Fsp3) is 0.696. The van der Waals surface area contributed by atoms with Crippen molar-refractivity contribution in [2.24, 2.45) is 4.99 Å². The van der Waals surface area contributed by atoms with Crippen molar-refractivity contribution in [3.63, 3.8) is 0 Å². The Hall–Kier alpha value is -1.95. The SMILES string of the molecule is CN=C(NCCCCN1CCCCC1C)NC1CCN(c2ccccc2OC)C1. The Morgan fingerprint density at radius 3 is 2.83 bits per heavy atom. The molecule has 1 aromatic carbocycles. The number of hydrogen-bond acceptors (Lipinski definition) is 4. The first kappa shape index (κ1) is 21.8. The zero-order valence-corrected chi connectivity index (χ0v) is 18.5. The van der Waals surface area contributed by atoms with E-state index in [9.17, 15) is 0 Å². The van der Waals surface area contributed by atoms with Gasteiger partial charge in [-0.15, -0.1) is 0 Å². The number of guanidine groups is 1. The number of benzene rings is 1. The molecule has 2 N–H and O–H groups in total. The summed E-state index contributed by atoms with van der Waals surface area (Å²) in [4.78, 5) is 9.47. The number of aliphatic imine (C=N–C) groups is 1. The van der Waals surface area contributed by atoms with E-state index in [1.807, 2.05) is 19.2 Å². The quantitative estimate of drug-likeness (QED) is 0.398. The molecule has 3 rings (SSSR count). The zero-order chi connectivity index (χ0) is 20.5. The van der Waals surface area contributed by atoms with Gasteiger partial charge in [0.2, 0.25) is 0 Å². The molecule has 2 aliphatic heterocycles. The lowest BCUT2D eigenvalue weighted by Gasteiger charge is -2.33. The van der Waals surface area contributed by atoms with E-state index in [4.69, 9.17) is 4.74 Å². The van der Waals surface area contributed by atoms with E-state index >= 15 is 0 Å². The van der Waals surface area contributed by atoms with E-state index in [1.165, 1.54) is 50.9 Å². The second-order valence-electron chi connectivity index (χ2n) is 8.33. The highest BCUT2D eigenvalue weighted by Crippen LogP contribution is 2.30. The Kier molecular flexibility index (Phi) is 8.47. The minimum Gasteiger partial charge on any atom is -0.495 e. The number of piperidine rings is 1. The number of methoxy groups -OCH3 is 1. The summed E-state index contributed by atoms with van der Waals surface area (Å²) in [7, 11) is 3.60. The Labute approximate surface area is 176 Å². The van der Waals surface area contributed by atoms with Crippen LogP contribution >= 0.6 is 0 Å². The van der Waals surface area contributed by atoms with E-state index in [-0.39, 0.29) is 0 Å². The maximum atomic E-state index is 5.52. The number of nitrogens with one attached hydrogen (secondary N) is 2. The summed E-state index contributed by atoms with van der Waals surface area (Å²) in [5, 5.41) is 7.10. The molecule has 2 unspecified atom stereocenters. The van der Waals surface area contributed by atoms with Gasteiger partial charge in [-0.3, -0.25) is 4.99 Å². The van der Waals surface area contributed by atoms with E-state index in [1.54, 1.807) is 7.11 Å². The first-order valence-corrected chi connectivity index (χ1v) is 11.3. The van der Waals surface area contributed by atoms with Crippen molar-refractivity contribution in [1.29, 1.82) is 0 Å². The van der Waals surface area contributed by atoms with Gasteiger partial charge in [0.15, 0.2) is 5.96 Å². The third-order valence-electron chi connectivity index (χ3n) is 6.28. The summed E-state index contributed by atoms with van der Waals surface area (Å²) in [6.45, 7) is 7.86. The standard InChI is InChI=1S/C23H39N5O/c1-19-10-6-8-15-27(19)16-9-7-14-25-23(24-2)26-20-13-17-28(18-20)21-11-4-5-12-22(21)29-3/h4-5,11-12,19-20H,6-10,13-18H2,1-3H3,(H2,24,25,26). The fourth-order valence-electron chi connectivity index (χ4n) is 4.51. The number of anilines is 1. The minimum absolute atomic E-state index is 0.403. The number of para-hydroxylation sites is 2. The van der Waals surface area contributed by atoms with Crippen LogP contribution in [0.5, 0.6) is 5.75 Å². The molecule has 0 spiro atoms. The van der Waals surface area contributed by atoms with E-state index < -0.39 is 0 Å². The summed E-state index contributed by atoms with van der Waals surface area (Å²) in [6, 6.07) is 9.42. The second kappa shape index (κ2) is 11.3. The number of likely N-dealkylation sites (tertiary alicyclic amines) is 1.